The van der Waals surface area contributed by atoms with Crippen LogP contribution in [-0.4, -0.2) is 24.1 Å². The number of pyridine rings is 1. The van der Waals surface area contributed by atoms with Crippen molar-refractivity contribution in [1.29, 1.82) is 0 Å². The Kier molecular flexibility index (Phi) is 4.15. The van der Waals surface area contributed by atoms with E-state index in [0.29, 0.717) is 41.1 Å². The Balaban J connectivity index is 1.62. The summed E-state index contributed by atoms with van der Waals surface area (Å²) >= 11 is 6.27. The Bertz CT molecular complexity index is 959. The number of carbonyl (C=O) groups is 1. The highest BCUT2D eigenvalue weighted by molar-refractivity contribution is 6.34. The number of carbonyl (C=O) groups excluding carboxylic acids is 1. The number of rotatable bonds is 2. The Morgan fingerprint density at radius 3 is 2.64 bits per heavy atom. The molecule has 1 aromatic heterocycles. The summed E-state index contributed by atoms with van der Waals surface area (Å²) in [6.07, 6.45) is 0.801. The molecule has 126 valence electrons. The summed E-state index contributed by atoms with van der Waals surface area (Å²) in [6.45, 7) is 1.14. The summed E-state index contributed by atoms with van der Waals surface area (Å²) in [5, 5.41) is 4.16. The van der Waals surface area contributed by atoms with Crippen molar-refractivity contribution < 1.29 is 14.3 Å². The molecule has 0 saturated heterocycles. The monoisotopic (exact) mass is 354 g/mol. The van der Waals surface area contributed by atoms with Gasteiger partial charge >= 0.3 is 0 Å². The zero-order chi connectivity index (χ0) is 17.2. The summed E-state index contributed by atoms with van der Waals surface area (Å²) < 4.78 is 11.2. The molecule has 0 atom stereocenters. The van der Waals surface area contributed by atoms with Crippen LogP contribution >= 0.6 is 11.6 Å². The van der Waals surface area contributed by atoms with Crippen LogP contribution in [-0.2, 0) is 0 Å². The summed E-state index contributed by atoms with van der Waals surface area (Å²) in [7, 11) is 0. The van der Waals surface area contributed by atoms with Crippen LogP contribution in [0.3, 0.4) is 0 Å². The van der Waals surface area contributed by atoms with Crippen LogP contribution in [0.1, 0.15) is 16.9 Å². The number of nitrogens with zero attached hydrogens (tertiary/aromatic N) is 1. The smallest absolute Gasteiger partial charge is 0.274 e. The lowest BCUT2D eigenvalue weighted by Gasteiger charge is -2.12. The molecule has 1 N–H and O–H groups in total. The minimum absolute atomic E-state index is 0.321. The number of benzene rings is 2. The van der Waals surface area contributed by atoms with Crippen molar-refractivity contribution in [1.82, 2.24) is 4.98 Å². The lowest BCUT2D eigenvalue weighted by Crippen LogP contribution is -2.14. The lowest BCUT2D eigenvalue weighted by molar-refractivity contribution is 0.102. The van der Waals surface area contributed by atoms with Gasteiger partial charge in [0, 0.05) is 23.9 Å². The molecule has 0 fully saturated rings. The SMILES string of the molecule is O=C(Nc1cc2c(cc1Cl)OCCCO2)c1ccc2ccccc2n1. The van der Waals surface area contributed by atoms with E-state index in [-0.39, 0.29) is 5.91 Å². The highest BCUT2D eigenvalue weighted by Crippen LogP contribution is 2.37. The molecule has 2 heterocycles. The Morgan fingerprint density at radius 1 is 1.04 bits per heavy atom. The van der Waals surface area contributed by atoms with E-state index in [0.717, 1.165) is 17.3 Å². The highest BCUT2D eigenvalue weighted by atomic mass is 35.5. The van der Waals surface area contributed by atoms with Crippen molar-refractivity contribution in [2.24, 2.45) is 0 Å². The van der Waals surface area contributed by atoms with Crippen molar-refractivity contribution in [2.45, 2.75) is 6.42 Å². The topological polar surface area (TPSA) is 60.5 Å². The van der Waals surface area contributed by atoms with Gasteiger partial charge in [0.05, 0.1) is 29.4 Å². The van der Waals surface area contributed by atoms with Crippen LogP contribution in [0.2, 0.25) is 5.02 Å². The summed E-state index contributed by atoms with van der Waals surface area (Å²) in [4.78, 5) is 16.9. The minimum Gasteiger partial charge on any atom is -0.490 e. The van der Waals surface area contributed by atoms with Crippen LogP contribution in [0.15, 0.2) is 48.5 Å². The molecule has 1 amide bonds. The van der Waals surface area contributed by atoms with Gasteiger partial charge in [0.2, 0.25) is 0 Å². The number of anilines is 1. The molecule has 0 bridgehead atoms. The van der Waals surface area contributed by atoms with Gasteiger partial charge in [0.25, 0.3) is 5.91 Å². The molecule has 0 aliphatic carbocycles. The highest BCUT2D eigenvalue weighted by Gasteiger charge is 2.17. The van der Waals surface area contributed by atoms with Crippen LogP contribution in [0.5, 0.6) is 11.5 Å². The third kappa shape index (κ3) is 3.23. The fourth-order valence-corrected chi connectivity index (χ4v) is 2.86. The maximum Gasteiger partial charge on any atom is 0.274 e. The first-order valence-corrected chi connectivity index (χ1v) is 8.35. The number of para-hydroxylation sites is 1. The molecular formula is C19H15ClN2O3. The second-order valence-electron chi connectivity index (χ2n) is 5.67. The Labute approximate surface area is 149 Å². The third-order valence-electron chi connectivity index (χ3n) is 3.92. The van der Waals surface area contributed by atoms with Gasteiger partial charge in [-0.2, -0.15) is 0 Å². The van der Waals surface area contributed by atoms with Crippen LogP contribution < -0.4 is 14.8 Å². The van der Waals surface area contributed by atoms with Crippen LogP contribution in [0, 0.1) is 0 Å². The second kappa shape index (κ2) is 6.61. The van der Waals surface area contributed by atoms with E-state index in [1.165, 1.54) is 0 Å². The third-order valence-corrected chi connectivity index (χ3v) is 4.23. The standard InChI is InChI=1S/C19H15ClN2O3/c20-13-10-17-18(25-9-3-8-24-17)11-16(13)22-19(23)15-7-6-12-4-1-2-5-14(12)21-15/h1-2,4-7,10-11H,3,8-9H2,(H,22,23). The fourth-order valence-electron chi connectivity index (χ4n) is 2.66. The van der Waals surface area contributed by atoms with E-state index in [9.17, 15) is 4.79 Å². The average Bonchev–Trinajstić information content (AvgIpc) is 2.86. The molecular weight excluding hydrogens is 340 g/mol. The summed E-state index contributed by atoms with van der Waals surface area (Å²) in [5.41, 5.74) is 1.55. The molecule has 1 aliphatic heterocycles. The summed E-state index contributed by atoms with van der Waals surface area (Å²) in [5.74, 6) is 0.829. The van der Waals surface area contributed by atoms with Crippen molar-refractivity contribution in [3.63, 3.8) is 0 Å². The Morgan fingerprint density at radius 2 is 1.80 bits per heavy atom. The van der Waals surface area contributed by atoms with E-state index in [4.69, 9.17) is 21.1 Å². The number of hydrogen-bond donors (Lipinski definition) is 1. The predicted molar refractivity (Wildman–Crippen MR) is 96.8 cm³/mol. The molecule has 4 rings (SSSR count). The van der Waals surface area contributed by atoms with Crippen molar-refractivity contribution in [2.75, 3.05) is 18.5 Å². The zero-order valence-corrected chi connectivity index (χ0v) is 14.0. The molecule has 0 spiro atoms. The number of halogens is 1. The van der Waals surface area contributed by atoms with Gasteiger partial charge in [0.1, 0.15) is 5.69 Å². The second-order valence-corrected chi connectivity index (χ2v) is 6.08. The molecule has 2 aromatic carbocycles. The number of amides is 1. The van der Waals surface area contributed by atoms with Gasteiger partial charge < -0.3 is 14.8 Å². The number of hydrogen-bond acceptors (Lipinski definition) is 4. The molecule has 0 radical (unpaired) electrons. The van der Waals surface area contributed by atoms with Crippen molar-refractivity contribution in [3.8, 4) is 11.5 Å². The molecule has 5 nitrogen and oxygen atoms in total. The fraction of sp³-hybridized carbons (Fsp3) is 0.158. The first kappa shape index (κ1) is 15.7. The predicted octanol–water partition coefficient (Wildman–Crippen LogP) is 4.30. The summed E-state index contributed by atoms with van der Waals surface area (Å²) in [6, 6.07) is 14.5. The van der Waals surface area contributed by atoms with Gasteiger partial charge in [0.15, 0.2) is 11.5 Å². The molecule has 3 aromatic rings. The number of aromatic nitrogens is 1. The van der Waals surface area contributed by atoms with Gasteiger partial charge in [-0.25, -0.2) is 4.98 Å². The van der Waals surface area contributed by atoms with Gasteiger partial charge in [-0.1, -0.05) is 35.9 Å². The number of ether oxygens (including phenoxy) is 2. The first-order chi connectivity index (χ1) is 12.2. The van der Waals surface area contributed by atoms with Gasteiger partial charge in [-0.05, 0) is 12.1 Å². The first-order valence-electron chi connectivity index (χ1n) is 7.97. The van der Waals surface area contributed by atoms with Crippen molar-refractivity contribution >= 4 is 34.1 Å². The average molecular weight is 355 g/mol. The van der Waals surface area contributed by atoms with E-state index in [1.807, 2.05) is 30.3 Å². The quantitative estimate of drug-likeness (QED) is 0.745. The number of nitrogens with one attached hydrogen (secondary N) is 1. The molecule has 25 heavy (non-hydrogen) atoms. The maximum atomic E-state index is 12.5. The van der Waals surface area contributed by atoms with E-state index in [1.54, 1.807) is 18.2 Å². The normalized spacial score (nSPS) is 13.3. The van der Waals surface area contributed by atoms with Gasteiger partial charge in [-0.3, -0.25) is 4.79 Å². The van der Waals surface area contributed by atoms with Crippen LogP contribution in [0.25, 0.3) is 10.9 Å². The largest absolute Gasteiger partial charge is 0.490 e. The lowest BCUT2D eigenvalue weighted by atomic mass is 10.2. The minimum atomic E-state index is -0.331. The molecule has 6 heteroatoms. The van der Waals surface area contributed by atoms with E-state index in [2.05, 4.69) is 10.3 Å². The number of fused-ring (bicyclic) bond motifs is 2. The van der Waals surface area contributed by atoms with E-state index < -0.39 is 0 Å². The van der Waals surface area contributed by atoms with Crippen LogP contribution in [0.4, 0.5) is 5.69 Å². The van der Waals surface area contributed by atoms with Crippen molar-refractivity contribution in [3.05, 3.63) is 59.2 Å². The van der Waals surface area contributed by atoms with E-state index >= 15 is 0 Å². The van der Waals surface area contributed by atoms with Gasteiger partial charge in [-0.15, -0.1) is 0 Å². The molecule has 0 unspecified atom stereocenters. The molecule has 1 aliphatic rings. The Hall–Kier alpha value is -2.79. The maximum absolute atomic E-state index is 12.5. The zero-order valence-electron chi connectivity index (χ0n) is 13.3. The molecule has 0 saturated carbocycles.